The largest absolute Gasteiger partial charge is 0.475 e. The van der Waals surface area contributed by atoms with Gasteiger partial charge in [0.2, 0.25) is 5.82 Å². The Kier molecular flexibility index (Phi) is 2.24. The summed E-state index contributed by atoms with van der Waals surface area (Å²) in [6.45, 7) is 1.94. The zero-order valence-corrected chi connectivity index (χ0v) is 9.52. The molecular formula is C8H5BrN2O2S. The van der Waals surface area contributed by atoms with Crippen LogP contribution in [0.15, 0.2) is 9.98 Å². The molecule has 0 aliphatic rings. The van der Waals surface area contributed by atoms with E-state index in [9.17, 15) is 4.79 Å². The van der Waals surface area contributed by atoms with E-state index in [0.29, 0.717) is 9.43 Å². The number of hydrogen-bond donors (Lipinski definition) is 1. The fraction of sp³-hybridized carbons (Fsp3) is 0.125. The van der Waals surface area contributed by atoms with Gasteiger partial charge in [0.1, 0.15) is 9.43 Å². The van der Waals surface area contributed by atoms with Crippen molar-refractivity contribution in [2.45, 2.75) is 6.92 Å². The van der Waals surface area contributed by atoms with Gasteiger partial charge in [-0.3, -0.25) is 0 Å². The Morgan fingerprint density at radius 1 is 1.57 bits per heavy atom. The van der Waals surface area contributed by atoms with Gasteiger partial charge in [-0.15, -0.1) is 11.3 Å². The number of carboxylic acids is 1. The van der Waals surface area contributed by atoms with Gasteiger partial charge >= 0.3 is 5.97 Å². The van der Waals surface area contributed by atoms with Crippen molar-refractivity contribution in [3.63, 3.8) is 0 Å². The van der Waals surface area contributed by atoms with Crippen LogP contribution < -0.4 is 0 Å². The van der Waals surface area contributed by atoms with Crippen molar-refractivity contribution >= 4 is 43.5 Å². The standard InChI is InChI=1S/C8H5BrN2O2S/c1-3-2-14-7-4(3)5(9)10-6(11-7)8(12)13/h2H,1H3,(H,12,13). The number of nitrogens with zero attached hydrogens (tertiary/aromatic N) is 2. The first kappa shape index (κ1) is 9.54. The van der Waals surface area contributed by atoms with Crippen LogP contribution in [-0.2, 0) is 0 Å². The molecule has 0 bridgehead atoms. The second-order valence-corrected chi connectivity index (χ2v) is 4.35. The van der Waals surface area contributed by atoms with Gasteiger partial charge in [0.15, 0.2) is 0 Å². The van der Waals surface area contributed by atoms with Gasteiger partial charge in [-0.2, -0.15) is 0 Å². The second kappa shape index (κ2) is 3.29. The lowest BCUT2D eigenvalue weighted by molar-refractivity contribution is 0.0684. The summed E-state index contributed by atoms with van der Waals surface area (Å²) in [6.07, 6.45) is 0. The van der Waals surface area contributed by atoms with Gasteiger partial charge in [-0.1, -0.05) is 0 Å². The summed E-state index contributed by atoms with van der Waals surface area (Å²) in [5, 5.41) is 11.5. The molecule has 0 unspecified atom stereocenters. The van der Waals surface area contributed by atoms with E-state index in [1.165, 1.54) is 11.3 Å². The van der Waals surface area contributed by atoms with Crippen LogP contribution in [0.1, 0.15) is 16.2 Å². The number of halogens is 1. The van der Waals surface area contributed by atoms with Crippen molar-refractivity contribution < 1.29 is 9.90 Å². The molecule has 2 aromatic rings. The maximum atomic E-state index is 10.7. The topological polar surface area (TPSA) is 63.1 Å². The van der Waals surface area contributed by atoms with Gasteiger partial charge < -0.3 is 5.11 Å². The molecule has 0 saturated carbocycles. The number of aromatic carboxylic acids is 1. The average molecular weight is 273 g/mol. The predicted octanol–water partition coefficient (Wildman–Crippen LogP) is 2.46. The number of fused-ring (bicyclic) bond motifs is 1. The molecule has 0 aliphatic heterocycles. The molecule has 0 spiro atoms. The molecule has 4 nitrogen and oxygen atoms in total. The zero-order valence-electron chi connectivity index (χ0n) is 7.11. The lowest BCUT2D eigenvalue weighted by atomic mass is 10.3. The van der Waals surface area contributed by atoms with Crippen LogP contribution in [0.2, 0.25) is 0 Å². The van der Waals surface area contributed by atoms with Crippen LogP contribution in [0.3, 0.4) is 0 Å². The molecule has 0 saturated heterocycles. The summed E-state index contributed by atoms with van der Waals surface area (Å²) in [7, 11) is 0. The quantitative estimate of drug-likeness (QED) is 0.810. The lowest BCUT2D eigenvalue weighted by Gasteiger charge is -1.97. The van der Waals surface area contributed by atoms with Crippen LogP contribution in [0.4, 0.5) is 0 Å². The Morgan fingerprint density at radius 2 is 2.29 bits per heavy atom. The Labute approximate surface area is 91.7 Å². The maximum absolute atomic E-state index is 10.7. The molecule has 2 aromatic heterocycles. The highest BCUT2D eigenvalue weighted by molar-refractivity contribution is 9.10. The molecule has 1 N–H and O–H groups in total. The molecule has 2 rings (SSSR count). The molecule has 72 valence electrons. The first-order chi connectivity index (χ1) is 6.59. The number of aromatic nitrogens is 2. The molecule has 0 radical (unpaired) electrons. The first-order valence-corrected chi connectivity index (χ1v) is 5.41. The summed E-state index contributed by atoms with van der Waals surface area (Å²) < 4.78 is 0.540. The molecule has 14 heavy (non-hydrogen) atoms. The van der Waals surface area contributed by atoms with Crippen molar-refractivity contribution in [1.29, 1.82) is 0 Å². The van der Waals surface area contributed by atoms with E-state index < -0.39 is 5.97 Å². The number of rotatable bonds is 1. The molecule has 0 amide bonds. The third-order valence-corrected chi connectivity index (χ3v) is 3.33. The van der Waals surface area contributed by atoms with Crippen LogP contribution in [0.25, 0.3) is 10.2 Å². The number of thiophene rings is 1. The smallest absolute Gasteiger partial charge is 0.374 e. The molecule has 0 atom stereocenters. The highest BCUT2D eigenvalue weighted by Gasteiger charge is 2.13. The van der Waals surface area contributed by atoms with Crippen molar-refractivity contribution in [3.8, 4) is 0 Å². The minimum Gasteiger partial charge on any atom is -0.475 e. The van der Waals surface area contributed by atoms with E-state index in [1.807, 2.05) is 12.3 Å². The minimum absolute atomic E-state index is 0.175. The fourth-order valence-corrected chi connectivity index (χ4v) is 2.85. The van der Waals surface area contributed by atoms with Crippen LogP contribution >= 0.6 is 27.3 Å². The first-order valence-electron chi connectivity index (χ1n) is 3.74. The third-order valence-electron chi connectivity index (χ3n) is 1.76. The Morgan fingerprint density at radius 3 is 2.93 bits per heavy atom. The predicted molar refractivity (Wildman–Crippen MR) is 56.8 cm³/mol. The van der Waals surface area contributed by atoms with E-state index in [1.54, 1.807) is 0 Å². The summed E-state index contributed by atoms with van der Waals surface area (Å²) >= 11 is 4.65. The van der Waals surface area contributed by atoms with E-state index >= 15 is 0 Å². The van der Waals surface area contributed by atoms with Crippen LogP contribution in [0, 0.1) is 6.92 Å². The van der Waals surface area contributed by atoms with E-state index in [2.05, 4.69) is 25.9 Å². The monoisotopic (exact) mass is 272 g/mol. The van der Waals surface area contributed by atoms with Gasteiger partial charge in [-0.05, 0) is 33.8 Å². The van der Waals surface area contributed by atoms with Gasteiger partial charge in [-0.25, -0.2) is 14.8 Å². The maximum Gasteiger partial charge on any atom is 0.374 e. The van der Waals surface area contributed by atoms with Crippen molar-refractivity contribution in [3.05, 3.63) is 21.4 Å². The summed E-state index contributed by atoms with van der Waals surface area (Å²) in [5.41, 5.74) is 1.05. The number of carbonyl (C=O) groups is 1. The Hall–Kier alpha value is -1.01. The zero-order chi connectivity index (χ0) is 10.3. The number of carboxylic acid groups (broad SMARTS) is 1. The second-order valence-electron chi connectivity index (χ2n) is 2.74. The Balaban J connectivity index is 2.80. The summed E-state index contributed by atoms with van der Waals surface area (Å²) in [4.78, 5) is 19.1. The van der Waals surface area contributed by atoms with Crippen molar-refractivity contribution in [1.82, 2.24) is 9.97 Å². The highest BCUT2D eigenvalue weighted by atomic mass is 79.9. The van der Waals surface area contributed by atoms with Gasteiger partial charge in [0.05, 0.1) is 0 Å². The van der Waals surface area contributed by atoms with Crippen molar-refractivity contribution in [2.75, 3.05) is 0 Å². The van der Waals surface area contributed by atoms with E-state index in [0.717, 1.165) is 10.9 Å². The van der Waals surface area contributed by atoms with Crippen LogP contribution in [0.5, 0.6) is 0 Å². The highest BCUT2D eigenvalue weighted by Crippen LogP contribution is 2.29. The Bertz CT molecular complexity index is 523. The fourth-order valence-electron chi connectivity index (χ4n) is 1.13. The van der Waals surface area contributed by atoms with E-state index in [4.69, 9.17) is 5.11 Å². The molecule has 6 heteroatoms. The third kappa shape index (κ3) is 1.40. The summed E-state index contributed by atoms with van der Waals surface area (Å²) in [6, 6.07) is 0. The van der Waals surface area contributed by atoms with Crippen molar-refractivity contribution in [2.24, 2.45) is 0 Å². The molecule has 0 aliphatic carbocycles. The molecular weight excluding hydrogens is 268 g/mol. The summed E-state index contributed by atoms with van der Waals surface area (Å²) in [5.74, 6) is -1.29. The molecule has 0 fully saturated rings. The van der Waals surface area contributed by atoms with Gasteiger partial charge in [0, 0.05) is 5.39 Å². The molecule has 0 aromatic carbocycles. The SMILES string of the molecule is Cc1csc2nc(C(=O)O)nc(Br)c12. The van der Waals surface area contributed by atoms with Crippen LogP contribution in [-0.4, -0.2) is 21.0 Å². The van der Waals surface area contributed by atoms with E-state index in [-0.39, 0.29) is 5.82 Å². The lowest BCUT2D eigenvalue weighted by Crippen LogP contribution is -2.03. The number of hydrogen-bond acceptors (Lipinski definition) is 4. The molecule has 2 heterocycles. The number of aryl methyl sites for hydroxylation is 1. The normalized spacial score (nSPS) is 10.7. The van der Waals surface area contributed by atoms with Gasteiger partial charge in [0.25, 0.3) is 0 Å². The average Bonchev–Trinajstić information content (AvgIpc) is 2.48. The minimum atomic E-state index is -1.11.